The van der Waals surface area contributed by atoms with E-state index in [1.807, 2.05) is 0 Å². The van der Waals surface area contributed by atoms with E-state index in [0.717, 1.165) is 6.42 Å². The van der Waals surface area contributed by atoms with Crippen molar-refractivity contribution in [3.8, 4) is 0 Å². The van der Waals surface area contributed by atoms with Gasteiger partial charge in [-0.3, -0.25) is 9.69 Å². The van der Waals surface area contributed by atoms with Crippen LogP contribution in [0.4, 0.5) is 0 Å². The average Bonchev–Trinajstić information content (AvgIpc) is 3.28. The fraction of sp³-hybridized carbons (Fsp3) is 0.951. The first-order chi connectivity index (χ1) is 31.7. The lowest BCUT2D eigenvalue weighted by molar-refractivity contribution is -0.189. The van der Waals surface area contributed by atoms with E-state index in [9.17, 15) is 65.8 Å². The number of hydrogen-bond donors (Lipinski definition) is 15. The Morgan fingerprint density at radius 1 is 0.657 bits per heavy atom. The van der Waals surface area contributed by atoms with Gasteiger partial charge in [-0.1, -0.05) is 20.3 Å². The summed E-state index contributed by atoms with van der Waals surface area (Å²) in [5, 5.41) is 137. The Kier molecular flexibility index (Phi) is 37.6. The molecule has 0 aromatic heterocycles. The van der Waals surface area contributed by atoms with Gasteiger partial charge < -0.3 is 115 Å². The highest BCUT2D eigenvalue weighted by Crippen LogP contribution is 2.25. The molecule has 1 saturated heterocycles. The number of aliphatic hydroxyl groups is 14. The number of hydrogen-bond acceptors (Lipinski definition) is 25. The van der Waals surface area contributed by atoms with Crippen molar-refractivity contribution in [1.82, 2.24) is 10.2 Å². The minimum absolute atomic E-state index is 0.0477. The monoisotopic (exact) mass is 987 g/mol. The lowest BCUT2D eigenvalue weighted by Crippen LogP contribution is -2.48. The lowest BCUT2D eigenvalue weighted by atomic mass is 9.96. The van der Waals surface area contributed by atoms with Gasteiger partial charge in [-0.25, -0.2) is 4.79 Å². The highest BCUT2D eigenvalue weighted by molar-refractivity contribution is 5.80. The van der Waals surface area contributed by atoms with Crippen molar-refractivity contribution in [2.75, 3.05) is 132 Å². The number of nitrogens with one attached hydrogen (secondary N) is 1. The molecule has 1 aliphatic rings. The number of carbonyl (C=O) groups is 2. The number of rotatable bonds is 40. The van der Waals surface area contributed by atoms with E-state index in [1.54, 1.807) is 6.92 Å². The summed E-state index contributed by atoms with van der Waals surface area (Å²) in [6.07, 6.45) is -10.4. The standard InChI is InChI=1S/C28H58N2O19.C13H24O5/c31-4-20(35)8-45-11-23(38)14-47-13-22(37)10-44-7-19(34)3-30(2-1-29-28(43)26(41)6-33)27(42)18-49-17-25(40)16-48-15-24(39)12-46-9-21(36)5-32;1-4-9(2)5-10(14)7-18-13(3)6-11(15)12(16)17-8-13/h19-27,31-42H,1-18H2,(H,29,43);9-11,14-15H,4-8H2,1-3H3. The molecule has 0 spiro atoms. The number of carbonyl (C=O) groups excluding carboxylic acids is 2. The molecule has 1 heterocycles. The van der Waals surface area contributed by atoms with Crippen molar-refractivity contribution >= 4 is 11.9 Å². The minimum Gasteiger partial charge on any atom is -0.461 e. The molecule has 0 radical (unpaired) electrons. The Bertz CT molecular complexity index is 1220. The van der Waals surface area contributed by atoms with E-state index in [1.165, 1.54) is 4.90 Å². The Morgan fingerprint density at radius 2 is 1.07 bits per heavy atom. The van der Waals surface area contributed by atoms with Crippen molar-refractivity contribution in [2.24, 2.45) is 5.92 Å². The van der Waals surface area contributed by atoms with Gasteiger partial charge in [0.25, 0.3) is 5.91 Å². The zero-order valence-corrected chi connectivity index (χ0v) is 39.0. The summed E-state index contributed by atoms with van der Waals surface area (Å²) in [5.41, 5.74) is -0.705. The number of amides is 1. The van der Waals surface area contributed by atoms with Crippen LogP contribution in [-0.4, -0.2) is 293 Å². The molecule has 400 valence electrons. The molecule has 1 amide bonds. The molecule has 1 rings (SSSR count). The van der Waals surface area contributed by atoms with Crippen LogP contribution >= 0.6 is 0 Å². The maximum Gasteiger partial charge on any atom is 0.335 e. The van der Waals surface area contributed by atoms with E-state index < -0.39 is 105 Å². The second-order valence-corrected chi connectivity index (χ2v) is 16.6. The fourth-order valence-electron chi connectivity index (χ4n) is 5.59. The largest absolute Gasteiger partial charge is 0.461 e. The maximum atomic E-state index is 11.8. The van der Waals surface area contributed by atoms with Crippen LogP contribution in [0.25, 0.3) is 0 Å². The van der Waals surface area contributed by atoms with Crippen molar-refractivity contribution in [3.05, 3.63) is 0 Å². The molecule has 0 bridgehead atoms. The first-order valence-corrected chi connectivity index (χ1v) is 22.3. The molecule has 13 unspecified atom stereocenters. The molecule has 26 nitrogen and oxygen atoms in total. The Balaban J connectivity index is 0.00000200. The van der Waals surface area contributed by atoms with E-state index in [2.05, 4.69) is 19.2 Å². The SMILES string of the molecule is CCC(C)CC(O)COC1(C)COC(=O)C(O)C1.O=C(NCCN(CC(O)COCC(O)COCC(O)COCC(O)CO)C(O)COCC(O)COCC(O)COCC(O)CO)C(O)CO. The van der Waals surface area contributed by atoms with Gasteiger partial charge in [-0.15, -0.1) is 0 Å². The third-order valence-electron chi connectivity index (χ3n) is 9.55. The predicted octanol–water partition coefficient (Wildman–Crippen LogP) is -7.45. The molecule has 15 N–H and O–H groups in total. The predicted molar refractivity (Wildman–Crippen MR) is 231 cm³/mol. The van der Waals surface area contributed by atoms with Crippen LogP contribution in [0.3, 0.4) is 0 Å². The highest BCUT2D eigenvalue weighted by atomic mass is 16.6. The molecular formula is C41H82N2O24. The molecule has 0 aromatic carbocycles. The summed E-state index contributed by atoms with van der Waals surface area (Å²) in [6, 6.07) is 0. The second kappa shape index (κ2) is 38.8. The third-order valence-corrected chi connectivity index (χ3v) is 9.55. The summed E-state index contributed by atoms with van der Waals surface area (Å²) in [6.45, 7) is 1.52. The van der Waals surface area contributed by atoms with Crippen LogP contribution in [0, 0.1) is 5.92 Å². The number of esters is 1. The number of aliphatic hydroxyl groups excluding tert-OH is 14. The summed E-state index contributed by atoms with van der Waals surface area (Å²) in [5.74, 6) is -1.00. The highest BCUT2D eigenvalue weighted by Gasteiger charge is 2.39. The first-order valence-electron chi connectivity index (χ1n) is 22.3. The molecular weight excluding hydrogens is 904 g/mol. The van der Waals surface area contributed by atoms with Crippen LogP contribution in [0.2, 0.25) is 0 Å². The number of ether oxygens (including phenoxy) is 8. The van der Waals surface area contributed by atoms with Gasteiger partial charge in [-0.05, 0) is 19.3 Å². The summed E-state index contributed by atoms with van der Waals surface area (Å²) >= 11 is 0. The second-order valence-electron chi connectivity index (χ2n) is 16.6. The van der Waals surface area contributed by atoms with Gasteiger partial charge in [0.1, 0.15) is 55.1 Å². The van der Waals surface area contributed by atoms with Crippen molar-refractivity contribution in [1.29, 1.82) is 0 Å². The smallest absolute Gasteiger partial charge is 0.335 e. The summed E-state index contributed by atoms with van der Waals surface area (Å²) < 4.78 is 41.5. The first kappa shape index (κ1) is 65.1. The van der Waals surface area contributed by atoms with E-state index in [0.29, 0.717) is 12.3 Å². The van der Waals surface area contributed by atoms with Gasteiger partial charge in [0.2, 0.25) is 0 Å². The van der Waals surface area contributed by atoms with Gasteiger partial charge in [0.15, 0.2) is 12.2 Å². The number of cyclic esters (lactones) is 1. The van der Waals surface area contributed by atoms with Crippen LogP contribution < -0.4 is 5.32 Å². The van der Waals surface area contributed by atoms with Gasteiger partial charge in [0.05, 0.1) is 118 Å². The van der Waals surface area contributed by atoms with Crippen LogP contribution in [-0.2, 0) is 47.5 Å². The average molecular weight is 987 g/mol. The fourth-order valence-corrected chi connectivity index (χ4v) is 5.59. The Hall–Kier alpha value is -1.94. The van der Waals surface area contributed by atoms with Crippen LogP contribution in [0.5, 0.6) is 0 Å². The number of nitrogens with zero attached hydrogens (tertiary/aromatic N) is 1. The molecule has 0 aromatic rings. The Labute approximate surface area is 391 Å². The molecule has 1 aliphatic heterocycles. The zero-order valence-electron chi connectivity index (χ0n) is 39.0. The van der Waals surface area contributed by atoms with E-state index >= 15 is 0 Å². The van der Waals surface area contributed by atoms with Gasteiger partial charge in [0, 0.05) is 26.1 Å². The molecule has 26 heteroatoms. The Morgan fingerprint density at radius 3 is 1.48 bits per heavy atom. The quantitative estimate of drug-likeness (QED) is 0.0200. The summed E-state index contributed by atoms with van der Waals surface area (Å²) in [7, 11) is 0. The zero-order chi connectivity index (χ0) is 50.8. The maximum absolute atomic E-state index is 11.8. The van der Waals surface area contributed by atoms with Gasteiger partial charge >= 0.3 is 5.97 Å². The summed E-state index contributed by atoms with van der Waals surface area (Å²) in [4.78, 5) is 24.1. The normalized spacial score (nSPS) is 21.5. The minimum atomic E-state index is -1.64. The van der Waals surface area contributed by atoms with Crippen LogP contribution in [0.15, 0.2) is 0 Å². The van der Waals surface area contributed by atoms with Gasteiger partial charge in [-0.2, -0.15) is 0 Å². The molecule has 67 heavy (non-hydrogen) atoms. The molecule has 0 saturated carbocycles. The van der Waals surface area contributed by atoms with E-state index in [4.69, 9.17) is 53.2 Å². The molecule has 0 aliphatic carbocycles. The molecule has 13 atom stereocenters. The molecule has 1 fully saturated rings. The third kappa shape index (κ3) is 34.1. The lowest BCUT2D eigenvalue weighted by Gasteiger charge is -2.35. The van der Waals surface area contributed by atoms with Crippen LogP contribution in [0.1, 0.15) is 40.0 Å². The van der Waals surface area contributed by atoms with Crippen molar-refractivity contribution < 1.29 is 119 Å². The van der Waals surface area contributed by atoms with Crippen molar-refractivity contribution in [2.45, 2.75) is 113 Å². The van der Waals surface area contributed by atoms with E-state index in [-0.39, 0.29) is 119 Å². The topological polar surface area (TPSA) is 406 Å². The van der Waals surface area contributed by atoms with Crippen molar-refractivity contribution in [3.63, 3.8) is 0 Å².